The normalized spacial score (nSPS) is 11.8. The molecule has 0 unspecified atom stereocenters. The highest BCUT2D eigenvalue weighted by Crippen LogP contribution is 2.18. The summed E-state index contributed by atoms with van der Waals surface area (Å²) in [6.07, 6.45) is 2.59. The maximum Gasteiger partial charge on any atom is 0.266 e. The third-order valence-corrected chi connectivity index (χ3v) is 4.16. The minimum atomic E-state index is -3.84. The van der Waals surface area contributed by atoms with E-state index in [4.69, 9.17) is 11.6 Å². The fraction of sp³-hybridized carbons (Fsp3) is 0.273. The van der Waals surface area contributed by atoms with Gasteiger partial charge in [-0.25, -0.2) is 13.1 Å². The predicted octanol–water partition coefficient (Wildman–Crippen LogP) is 1.61. The van der Waals surface area contributed by atoms with Crippen molar-refractivity contribution in [2.24, 2.45) is 0 Å². The van der Waals surface area contributed by atoms with Gasteiger partial charge in [-0.3, -0.25) is 9.52 Å². The van der Waals surface area contributed by atoms with Gasteiger partial charge in [0.1, 0.15) is 15.7 Å². The second-order valence-corrected chi connectivity index (χ2v) is 6.46. The predicted molar refractivity (Wildman–Crippen MR) is 75.5 cm³/mol. The summed E-state index contributed by atoms with van der Waals surface area (Å²) in [6, 6.07) is 2.64. The standard InChI is InChI=1S/C11H13ClN4O3S/c1-7(2)16-10(3-4-14-16)15-20(18,19)8-5-9(12)11(17)13-6-8/h3-7,15H,1-2H3,(H,13,17). The van der Waals surface area contributed by atoms with Crippen molar-refractivity contribution in [3.05, 3.63) is 39.9 Å². The van der Waals surface area contributed by atoms with Gasteiger partial charge in [-0.05, 0) is 19.9 Å². The molecule has 0 atom stereocenters. The van der Waals surface area contributed by atoms with Crippen molar-refractivity contribution in [1.29, 1.82) is 0 Å². The second kappa shape index (κ2) is 5.29. The van der Waals surface area contributed by atoms with Crippen molar-refractivity contribution in [2.45, 2.75) is 24.8 Å². The van der Waals surface area contributed by atoms with Gasteiger partial charge >= 0.3 is 0 Å². The lowest BCUT2D eigenvalue weighted by Crippen LogP contribution is -2.19. The topological polar surface area (TPSA) is 96.8 Å². The van der Waals surface area contributed by atoms with Gasteiger partial charge < -0.3 is 4.98 Å². The molecule has 0 aliphatic rings. The van der Waals surface area contributed by atoms with Gasteiger partial charge in [0.2, 0.25) is 0 Å². The molecule has 0 radical (unpaired) electrons. The van der Waals surface area contributed by atoms with Crippen LogP contribution < -0.4 is 10.3 Å². The summed E-state index contributed by atoms with van der Waals surface area (Å²) < 4.78 is 28.3. The molecule has 0 saturated carbocycles. The molecule has 0 aliphatic carbocycles. The Morgan fingerprint density at radius 2 is 2.15 bits per heavy atom. The lowest BCUT2D eigenvalue weighted by molar-refractivity contribution is 0.539. The summed E-state index contributed by atoms with van der Waals surface area (Å²) in [4.78, 5) is 13.3. The lowest BCUT2D eigenvalue weighted by Gasteiger charge is -2.12. The van der Waals surface area contributed by atoms with E-state index in [2.05, 4.69) is 14.8 Å². The van der Waals surface area contributed by atoms with E-state index in [0.29, 0.717) is 5.82 Å². The van der Waals surface area contributed by atoms with Crippen molar-refractivity contribution in [3.63, 3.8) is 0 Å². The first-order chi connectivity index (χ1) is 9.31. The Morgan fingerprint density at radius 1 is 1.45 bits per heavy atom. The van der Waals surface area contributed by atoms with Crippen LogP contribution in [0.3, 0.4) is 0 Å². The summed E-state index contributed by atoms with van der Waals surface area (Å²) >= 11 is 5.63. The summed E-state index contributed by atoms with van der Waals surface area (Å²) in [6.45, 7) is 3.75. The summed E-state index contributed by atoms with van der Waals surface area (Å²) in [7, 11) is -3.84. The van der Waals surface area contributed by atoms with Crippen LogP contribution in [0, 0.1) is 0 Å². The van der Waals surface area contributed by atoms with Gasteiger partial charge in [-0.15, -0.1) is 0 Å². The molecule has 2 aromatic rings. The zero-order valence-corrected chi connectivity index (χ0v) is 12.4. The van der Waals surface area contributed by atoms with Gasteiger partial charge in [0.05, 0.1) is 6.20 Å². The fourth-order valence-electron chi connectivity index (χ4n) is 1.60. The lowest BCUT2D eigenvalue weighted by atomic mass is 10.4. The monoisotopic (exact) mass is 316 g/mol. The maximum atomic E-state index is 12.2. The molecule has 2 heterocycles. The summed E-state index contributed by atoms with van der Waals surface area (Å²) in [5.74, 6) is 0.335. The number of anilines is 1. The molecule has 2 aromatic heterocycles. The number of hydrogen-bond donors (Lipinski definition) is 2. The number of hydrogen-bond acceptors (Lipinski definition) is 4. The molecule has 0 aromatic carbocycles. The largest absolute Gasteiger partial charge is 0.326 e. The summed E-state index contributed by atoms with van der Waals surface area (Å²) in [5, 5.41) is 3.84. The van der Waals surface area contributed by atoms with E-state index in [9.17, 15) is 13.2 Å². The first-order valence-electron chi connectivity index (χ1n) is 5.76. The molecule has 2 N–H and O–H groups in total. The number of halogens is 1. The molecule has 7 nitrogen and oxygen atoms in total. The molecule has 0 bridgehead atoms. The molecule has 2 rings (SSSR count). The van der Waals surface area contributed by atoms with Crippen molar-refractivity contribution in [1.82, 2.24) is 14.8 Å². The van der Waals surface area contributed by atoms with Crippen LogP contribution in [-0.4, -0.2) is 23.2 Å². The molecule has 0 spiro atoms. The number of aromatic amines is 1. The fourth-order valence-corrected chi connectivity index (χ4v) is 2.87. The van der Waals surface area contributed by atoms with Gasteiger partial charge in [0, 0.05) is 18.3 Å². The quantitative estimate of drug-likeness (QED) is 0.895. The highest BCUT2D eigenvalue weighted by atomic mass is 35.5. The number of nitrogens with zero attached hydrogens (tertiary/aromatic N) is 2. The Morgan fingerprint density at radius 3 is 2.75 bits per heavy atom. The van der Waals surface area contributed by atoms with Crippen molar-refractivity contribution in [3.8, 4) is 0 Å². The van der Waals surface area contributed by atoms with Crippen LogP contribution in [0.4, 0.5) is 5.82 Å². The van der Waals surface area contributed by atoms with Gasteiger partial charge in [-0.2, -0.15) is 5.10 Å². The molecular weight excluding hydrogens is 304 g/mol. The number of pyridine rings is 1. The highest BCUT2D eigenvalue weighted by Gasteiger charge is 2.18. The van der Waals surface area contributed by atoms with Crippen LogP contribution in [0.25, 0.3) is 0 Å². The Balaban J connectivity index is 2.38. The Labute approximate surface area is 120 Å². The van der Waals surface area contributed by atoms with Gasteiger partial charge in [-0.1, -0.05) is 11.6 Å². The molecule has 108 valence electrons. The minimum Gasteiger partial charge on any atom is -0.326 e. The number of nitrogens with one attached hydrogen (secondary N) is 2. The Bertz CT molecular complexity index is 779. The van der Waals surface area contributed by atoms with E-state index in [1.54, 1.807) is 6.07 Å². The van der Waals surface area contributed by atoms with E-state index in [0.717, 1.165) is 12.3 Å². The zero-order valence-electron chi connectivity index (χ0n) is 10.8. The van der Waals surface area contributed by atoms with Gasteiger partial charge in [0.25, 0.3) is 15.6 Å². The molecule has 0 fully saturated rings. The van der Waals surface area contributed by atoms with Crippen LogP contribution in [-0.2, 0) is 10.0 Å². The highest BCUT2D eigenvalue weighted by molar-refractivity contribution is 7.92. The smallest absolute Gasteiger partial charge is 0.266 e. The average Bonchev–Trinajstić information content (AvgIpc) is 2.80. The SMILES string of the molecule is CC(C)n1nccc1NS(=O)(=O)c1c[nH]c(=O)c(Cl)c1. The van der Waals surface area contributed by atoms with Crippen molar-refractivity contribution in [2.75, 3.05) is 4.72 Å². The third-order valence-electron chi connectivity index (χ3n) is 2.54. The van der Waals surface area contributed by atoms with Crippen molar-refractivity contribution < 1.29 is 8.42 Å². The molecular formula is C11H13ClN4O3S. The molecule has 0 saturated heterocycles. The average molecular weight is 317 g/mol. The van der Waals surface area contributed by atoms with Crippen LogP contribution in [0.2, 0.25) is 5.02 Å². The van der Waals surface area contributed by atoms with E-state index in [1.165, 1.54) is 10.9 Å². The van der Waals surface area contributed by atoms with Crippen LogP contribution in [0.1, 0.15) is 19.9 Å². The first kappa shape index (κ1) is 14.6. The minimum absolute atomic E-state index is 0.00173. The summed E-state index contributed by atoms with van der Waals surface area (Å²) in [5.41, 5.74) is -0.544. The maximum absolute atomic E-state index is 12.2. The number of aromatic nitrogens is 3. The zero-order chi connectivity index (χ0) is 14.9. The van der Waals surface area contributed by atoms with Crippen LogP contribution in [0.5, 0.6) is 0 Å². The van der Waals surface area contributed by atoms with E-state index in [1.807, 2.05) is 13.8 Å². The number of sulfonamides is 1. The number of H-pyrrole nitrogens is 1. The first-order valence-corrected chi connectivity index (χ1v) is 7.62. The van der Waals surface area contributed by atoms with E-state index in [-0.39, 0.29) is 16.0 Å². The third kappa shape index (κ3) is 2.86. The Kier molecular flexibility index (Phi) is 3.87. The van der Waals surface area contributed by atoms with Crippen molar-refractivity contribution >= 4 is 27.4 Å². The molecule has 20 heavy (non-hydrogen) atoms. The molecule has 9 heteroatoms. The Hall–Kier alpha value is -1.80. The molecule has 0 aliphatic heterocycles. The van der Waals surface area contributed by atoms with Crippen LogP contribution in [0.15, 0.2) is 34.2 Å². The molecule has 0 amide bonds. The van der Waals surface area contributed by atoms with E-state index < -0.39 is 15.6 Å². The van der Waals surface area contributed by atoms with Crippen LogP contribution >= 0.6 is 11.6 Å². The van der Waals surface area contributed by atoms with E-state index >= 15 is 0 Å². The number of rotatable bonds is 4. The van der Waals surface area contributed by atoms with Gasteiger partial charge in [0.15, 0.2) is 0 Å². The second-order valence-electron chi connectivity index (χ2n) is 4.37.